The minimum absolute atomic E-state index is 0.0174. The van der Waals surface area contributed by atoms with Crippen molar-refractivity contribution in [2.24, 2.45) is 0 Å². The maximum absolute atomic E-state index is 13.6. The molecule has 154 valence electrons. The number of fused-ring (bicyclic) bond motifs is 1. The lowest BCUT2D eigenvalue weighted by Crippen LogP contribution is -3.12. The average Bonchev–Trinajstić information content (AvgIpc) is 3.15. The molecule has 2 aromatic carbocycles. The van der Waals surface area contributed by atoms with Crippen molar-refractivity contribution in [1.29, 1.82) is 0 Å². The van der Waals surface area contributed by atoms with Gasteiger partial charge in [-0.25, -0.2) is 4.98 Å². The number of aryl methyl sites for hydroxylation is 2. The monoisotopic (exact) mass is 412 g/mol. The number of quaternary nitrogens is 1. The molecule has 0 aliphatic carbocycles. The average molecular weight is 413 g/mol. The van der Waals surface area contributed by atoms with Gasteiger partial charge in [0, 0.05) is 11.6 Å². The fourth-order valence-corrected chi connectivity index (χ4v) is 4.38. The van der Waals surface area contributed by atoms with E-state index in [0.29, 0.717) is 6.54 Å². The minimum atomic E-state index is 0.0174. The van der Waals surface area contributed by atoms with Crippen LogP contribution in [0, 0.1) is 13.8 Å². The van der Waals surface area contributed by atoms with Gasteiger partial charge in [0.15, 0.2) is 5.13 Å². The van der Waals surface area contributed by atoms with Crippen molar-refractivity contribution in [3.05, 3.63) is 53.1 Å². The molecule has 5 nitrogen and oxygen atoms in total. The summed E-state index contributed by atoms with van der Waals surface area (Å²) in [5, 5.41) is 0.741. The fraction of sp³-hybridized carbons (Fsp3) is 0.391. The highest BCUT2D eigenvalue weighted by molar-refractivity contribution is 7.22. The highest BCUT2D eigenvalue weighted by Crippen LogP contribution is 2.32. The molecule has 3 aromatic rings. The number of ether oxygens (including phenoxy) is 1. The third kappa shape index (κ3) is 4.77. The molecule has 0 radical (unpaired) electrons. The number of hydrogen-bond donors (Lipinski definition) is 1. The molecule has 1 amide bonds. The maximum atomic E-state index is 13.6. The molecule has 1 N–H and O–H groups in total. The largest absolute Gasteiger partial charge is 0.497 e. The van der Waals surface area contributed by atoms with Gasteiger partial charge in [-0.1, -0.05) is 29.0 Å². The van der Waals surface area contributed by atoms with E-state index in [1.54, 1.807) is 18.4 Å². The van der Waals surface area contributed by atoms with E-state index in [1.165, 1.54) is 4.90 Å². The van der Waals surface area contributed by atoms with Crippen molar-refractivity contribution >= 4 is 32.6 Å². The fourth-order valence-electron chi connectivity index (χ4n) is 3.41. The Morgan fingerprint density at radius 3 is 2.59 bits per heavy atom. The molecule has 0 spiro atoms. The Hall–Kier alpha value is -2.44. The number of carbonyl (C=O) groups excluding carboxylic acids is 1. The SMILES string of the molecule is CC[NH+](CC)CCN(C(=O)c1cc(C)ccc1C)c1nc2cc(OC)ccc2s1. The van der Waals surface area contributed by atoms with Crippen LogP contribution in [0.2, 0.25) is 0 Å². The summed E-state index contributed by atoms with van der Waals surface area (Å²) in [4.78, 5) is 21.7. The number of rotatable bonds is 8. The third-order valence-corrected chi connectivity index (χ3v) is 6.43. The molecule has 0 aliphatic heterocycles. The van der Waals surface area contributed by atoms with Crippen LogP contribution in [0.4, 0.5) is 5.13 Å². The minimum Gasteiger partial charge on any atom is -0.497 e. The predicted octanol–water partition coefficient (Wildman–Crippen LogP) is 3.49. The van der Waals surface area contributed by atoms with E-state index < -0.39 is 0 Å². The first-order chi connectivity index (χ1) is 14.0. The van der Waals surface area contributed by atoms with Gasteiger partial charge in [-0.15, -0.1) is 0 Å². The van der Waals surface area contributed by atoms with Crippen molar-refractivity contribution in [2.45, 2.75) is 27.7 Å². The number of aromatic nitrogens is 1. The summed E-state index contributed by atoms with van der Waals surface area (Å²) in [6.45, 7) is 12.0. The van der Waals surface area contributed by atoms with Crippen molar-refractivity contribution < 1.29 is 14.4 Å². The van der Waals surface area contributed by atoms with Gasteiger partial charge in [-0.2, -0.15) is 0 Å². The molecule has 0 aliphatic rings. The molecule has 0 saturated heterocycles. The number of amides is 1. The van der Waals surface area contributed by atoms with Crippen molar-refractivity contribution in [3.8, 4) is 5.75 Å². The first-order valence-corrected chi connectivity index (χ1v) is 11.0. The summed E-state index contributed by atoms with van der Waals surface area (Å²) < 4.78 is 6.38. The smallest absolute Gasteiger partial charge is 0.260 e. The summed E-state index contributed by atoms with van der Waals surface area (Å²) in [5.41, 5.74) is 3.68. The first-order valence-electron chi connectivity index (χ1n) is 10.1. The van der Waals surface area contributed by atoms with Gasteiger partial charge < -0.3 is 9.64 Å². The molecule has 0 saturated carbocycles. The molecule has 0 bridgehead atoms. The van der Waals surface area contributed by atoms with Gasteiger partial charge in [-0.05, 0) is 51.5 Å². The Bertz CT molecular complexity index is 995. The molecular weight excluding hydrogens is 382 g/mol. The zero-order valence-electron chi connectivity index (χ0n) is 17.9. The number of nitrogens with one attached hydrogen (secondary N) is 1. The zero-order valence-corrected chi connectivity index (χ0v) is 18.7. The van der Waals surface area contributed by atoms with E-state index in [1.807, 2.05) is 55.1 Å². The summed E-state index contributed by atoms with van der Waals surface area (Å²) >= 11 is 1.55. The molecule has 0 unspecified atom stereocenters. The zero-order chi connectivity index (χ0) is 21.0. The lowest BCUT2D eigenvalue weighted by molar-refractivity contribution is -0.894. The molecular formula is C23H30N3O2S+. The Balaban J connectivity index is 2.00. The van der Waals surface area contributed by atoms with E-state index in [2.05, 4.69) is 13.8 Å². The van der Waals surface area contributed by atoms with E-state index in [0.717, 1.165) is 57.4 Å². The molecule has 6 heteroatoms. The highest BCUT2D eigenvalue weighted by Gasteiger charge is 2.24. The Morgan fingerprint density at radius 2 is 1.90 bits per heavy atom. The van der Waals surface area contributed by atoms with Crippen LogP contribution in [0.5, 0.6) is 5.75 Å². The third-order valence-electron chi connectivity index (χ3n) is 5.37. The Morgan fingerprint density at radius 1 is 1.14 bits per heavy atom. The van der Waals surface area contributed by atoms with Crippen molar-refractivity contribution in [3.63, 3.8) is 0 Å². The molecule has 1 aromatic heterocycles. The van der Waals surface area contributed by atoms with Crippen LogP contribution in [0.15, 0.2) is 36.4 Å². The lowest BCUT2D eigenvalue weighted by Gasteiger charge is -2.23. The van der Waals surface area contributed by atoms with Crippen LogP contribution in [0.3, 0.4) is 0 Å². The summed E-state index contributed by atoms with van der Waals surface area (Å²) in [6, 6.07) is 11.9. The van der Waals surface area contributed by atoms with Gasteiger partial charge in [0.2, 0.25) is 0 Å². The number of likely N-dealkylation sites (N-methyl/N-ethyl adjacent to an activating group) is 1. The molecule has 29 heavy (non-hydrogen) atoms. The van der Waals surface area contributed by atoms with E-state index in [9.17, 15) is 4.79 Å². The summed E-state index contributed by atoms with van der Waals surface area (Å²) in [6.07, 6.45) is 0. The van der Waals surface area contributed by atoms with Gasteiger partial charge in [0.05, 0.1) is 43.5 Å². The second-order valence-electron chi connectivity index (χ2n) is 7.31. The van der Waals surface area contributed by atoms with Crippen molar-refractivity contribution in [2.75, 3.05) is 38.2 Å². The van der Waals surface area contributed by atoms with Crippen LogP contribution in [0.25, 0.3) is 10.2 Å². The number of methoxy groups -OCH3 is 1. The quantitative estimate of drug-likeness (QED) is 0.616. The Labute approximate surface area is 176 Å². The maximum Gasteiger partial charge on any atom is 0.260 e. The molecule has 0 atom stereocenters. The number of hydrogen-bond acceptors (Lipinski definition) is 4. The van der Waals surface area contributed by atoms with Gasteiger partial charge in [-0.3, -0.25) is 9.69 Å². The number of carbonyl (C=O) groups is 1. The topological polar surface area (TPSA) is 46.9 Å². The van der Waals surface area contributed by atoms with Crippen LogP contribution < -0.4 is 14.5 Å². The lowest BCUT2D eigenvalue weighted by atomic mass is 10.0. The molecule has 3 rings (SSSR count). The molecule has 0 fully saturated rings. The molecule has 1 heterocycles. The normalized spacial score (nSPS) is 11.2. The summed E-state index contributed by atoms with van der Waals surface area (Å²) in [7, 11) is 1.65. The van der Waals surface area contributed by atoms with Crippen molar-refractivity contribution in [1.82, 2.24) is 4.98 Å². The number of nitrogens with zero attached hydrogens (tertiary/aromatic N) is 2. The van der Waals surface area contributed by atoms with Gasteiger partial charge in [0.25, 0.3) is 5.91 Å². The van der Waals surface area contributed by atoms with Gasteiger partial charge in [0.1, 0.15) is 5.75 Å². The van der Waals surface area contributed by atoms with E-state index in [4.69, 9.17) is 9.72 Å². The first kappa shape index (κ1) is 21.3. The number of benzene rings is 2. The predicted molar refractivity (Wildman–Crippen MR) is 121 cm³/mol. The van der Waals surface area contributed by atoms with E-state index in [-0.39, 0.29) is 5.91 Å². The Kier molecular flexibility index (Phi) is 6.87. The summed E-state index contributed by atoms with van der Waals surface area (Å²) in [5.74, 6) is 0.790. The van der Waals surface area contributed by atoms with Crippen LogP contribution in [-0.2, 0) is 0 Å². The van der Waals surface area contributed by atoms with Crippen LogP contribution in [0.1, 0.15) is 35.3 Å². The second kappa shape index (κ2) is 9.37. The van der Waals surface area contributed by atoms with Crippen LogP contribution in [-0.4, -0.2) is 44.2 Å². The van der Waals surface area contributed by atoms with Crippen LogP contribution >= 0.6 is 11.3 Å². The second-order valence-corrected chi connectivity index (χ2v) is 8.32. The number of anilines is 1. The van der Waals surface area contributed by atoms with Gasteiger partial charge >= 0.3 is 0 Å². The standard InChI is InChI=1S/C23H29N3O2S/c1-6-25(7-2)12-13-26(22(27)19-14-16(3)8-9-17(19)4)23-24-20-15-18(28-5)10-11-21(20)29-23/h8-11,14-15H,6-7,12-13H2,1-5H3/p+1. The van der Waals surface area contributed by atoms with E-state index >= 15 is 0 Å². The highest BCUT2D eigenvalue weighted by atomic mass is 32.1. The number of thiazole rings is 1.